The third-order valence-corrected chi connectivity index (χ3v) is 5.88. The lowest BCUT2D eigenvalue weighted by Crippen LogP contribution is -2.48. The van der Waals surface area contributed by atoms with Crippen LogP contribution in [0.5, 0.6) is 0 Å². The number of methoxy groups -OCH3 is 1. The van der Waals surface area contributed by atoms with Gasteiger partial charge in [-0.1, -0.05) is 0 Å². The Hall–Kier alpha value is -1.15. The van der Waals surface area contributed by atoms with E-state index in [1.807, 2.05) is 0 Å². The molecule has 0 bridgehead atoms. The molecule has 2 atom stereocenters. The number of rotatable bonds is 5. The molecule has 116 valence electrons. The highest BCUT2D eigenvalue weighted by atomic mass is 32.2. The van der Waals surface area contributed by atoms with Crippen molar-refractivity contribution in [3.63, 3.8) is 0 Å². The van der Waals surface area contributed by atoms with Crippen molar-refractivity contribution < 1.29 is 27.5 Å². The minimum Gasteiger partial charge on any atom is -0.469 e. The first-order valence-electron chi connectivity index (χ1n) is 6.46. The molecule has 1 saturated heterocycles. The highest BCUT2D eigenvalue weighted by molar-refractivity contribution is 7.93. The lowest BCUT2D eigenvalue weighted by molar-refractivity contribution is -0.140. The summed E-state index contributed by atoms with van der Waals surface area (Å²) in [5, 5.41) is -2.12. The van der Waals surface area contributed by atoms with Crippen LogP contribution in [0.2, 0.25) is 0 Å². The van der Waals surface area contributed by atoms with Crippen molar-refractivity contribution in [2.24, 2.45) is 0 Å². The molecule has 1 aliphatic rings. The van der Waals surface area contributed by atoms with Crippen molar-refractivity contribution in [3.05, 3.63) is 0 Å². The molecule has 2 unspecified atom stereocenters. The van der Waals surface area contributed by atoms with E-state index >= 15 is 0 Å². The quantitative estimate of drug-likeness (QED) is 0.642. The fraction of sp³-hybridized carbons (Fsp3) is 0.833. The van der Waals surface area contributed by atoms with Crippen LogP contribution in [0.1, 0.15) is 20.3 Å². The van der Waals surface area contributed by atoms with Crippen molar-refractivity contribution in [1.29, 1.82) is 0 Å². The summed E-state index contributed by atoms with van der Waals surface area (Å²) in [5.41, 5.74) is 0. The molecule has 20 heavy (non-hydrogen) atoms. The van der Waals surface area contributed by atoms with Crippen molar-refractivity contribution in [2.75, 3.05) is 33.4 Å². The fourth-order valence-electron chi connectivity index (χ4n) is 1.96. The molecule has 0 radical (unpaired) electrons. The van der Waals surface area contributed by atoms with Gasteiger partial charge in [0, 0.05) is 13.1 Å². The van der Waals surface area contributed by atoms with E-state index in [0.29, 0.717) is 26.3 Å². The average Bonchev–Trinajstić information content (AvgIpc) is 2.46. The molecule has 0 N–H and O–H groups in total. The second kappa shape index (κ2) is 7.03. The zero-order valence-electron chi connectivity index (χ0n) is 12.0. The molecular formula is C12H21NO6S. The van der Waals surface area contributed by atoms with Gasteiger partial charge in [-0.05, 0) is 13.8 Å². The summed E-state index contributed by atoms with van der Waals surface area (Å²) in [7, 11) is -2.53. The molecular weight excluding hydrogens is 286 g/mol. The molecule has 0 aromatic rings. The maximum atomic E-state index is 12.3. The first kappa shape index (κ1) is 16.9. The Morgan fingerprint density at radius 3 is 2.30 bits per heavy atom. The van der Waals surface area contributed by atoms with E-state index in [1.54, 1.807) is 0 Å². The maximum Gasteiger partial charge on any atom is 0.306 e. The van der Waals surface area contributed by atoms with Gasteiger partial charge in [0.25, 0.3) is 0 Å². The highest BCUT2D eigenvalue weighted by Crippen LogP contribution is 2.16. The molecule has 8 heteroatoms. The molecule has 1 rings (SSSR count). The molecule has 0 spiro atoms. The van der Waals surface area contributed by atoms with Crippen LogP contribution in [-0.4, -0.2) is 69.1 Å². The Balaban J connectivity index is 2.74. The summed E-state index contributed by atoms with van der Waals surface area (Å²) >= 11 is 0. The maximum absolute atomic E-state index is 12.3. The summed E-state index contributed by atoms with van der Waals surface area (Å²) in [6.45, 7) is 4.39. The minimum atomic E-state index is -3.73. The van der Waals surface area contributed by atoms with E-state index in [9.17, 15) is 18.0 Å². The van der Waals surface area contributed by atoms with Gasteiger partial charge in [-0.3, -0.25) is 9.59 Å². The van der Waals surface area contributed by atoms with Crippen molar-refractivity contribution in [1.82, 2.24) is 4.90 Å². The van der Waals surface area contributed by atoms with Crippen molar-refractivity contribution in [2.45, 2.75) is 30.8 Å². The Kier molecular flexibility index (Phi) is 5.94. The number of nitrogens with zero attached hydrogens (tertiary/aromatic N) is 1. The Morgan fingerprint density at radius 1 is 1.25 bits per heavy atom. The van der Waals surface area contributed by atoms with Crippen LogP contribution in [0, 0.1) is 0 Å². The molecule has 1 fully saturated rings. The van der Waals surface area contributed by atoms with Gasteiger partial charge in [-0.15, -0.1) is 0 Å². The number of amides is 1. The van der Waals surface area contributed by atoms with Gasteiger partial charge >= 0.3 is 5.97 Å². The lowest BCUT2D eigenvalue weighted by Gasteiger charge is -2.29. The number of esters is 1. The predicted molar refractivity (Wildman–Crippen MR) is 71.9 cm³/mol. The fourth-order valence-corrected chi connectivity index (χ4v) is 3.46. The number of hydrogen-bond acceptors (Lipinski definition) is 6. The van der Waals surface area contributed by atoms with E-state index in [1.165, 1.54) is 25.9 Å². The number of hydrogen-bond donors (Lipinski definition) is 0. The minimum absolute atomic E-state index is 0.250. The number of carbonyl (C=O) groups is 2. The summed E-state index contributed by atoms with van der Waals surface area (Å²) in [4.78, 5) is 24.8. The standard InChI is InChI=1S/C12H21NO6S/c1-9(8-11(14)18-3)20(16,17)10(2)12(15)13-4-6-19-7-5-13/h9-10H,4-8H2,1-3H3. The average molecular weight is 307 g/mol. The lowest BCUT2D eigenvalue weighted by atomic mass is 10.3. The Bertz CT molecular complexity index is 455. The summed E-state index contributed by atoms with van der Waals surface area (Å²) < 4.78 is 34.1. The second-order valence-electron chi connectivity index (χ2n) is 4.76. The van der Waals surface area contributed by atoms with Crippen LogP contribution in [0.3, 0.4) is 0 Å². The third-order valence-electron chi connectivity index (χ3n) is 3.41. The molecule has 0 aromatic carbocycles. The molecule has 7 nitrogen and oxygen atoms in total. The summed E-state index contributed by atoms with van der Waals surface area (Å²) in [5.74, 6) is -1.04. The third kappa shape index (κ3) is 3.92. The van der Waals surface area contributed by atoms with E-state index in [2.05, 4.69) is 4.74 Å². The summed E-state index contributed by atoms with van der Waals surface area (Å²) in [6, 6.07) is 0. The van der Waals surface area contributed by atoms with Gasteiger partial charge < -0.3 is 14.4 Å². The molecule has 1 aliphatic heterocycles. The first-order chi connectivity index (χ1) is 9.30. The van der Waals surface area contributed by atoms with Crippen LogP contribution in [0.4, 0.5) is 0 Å². The molecule has 0 aliphatic carbocycles. The molecule has 1 amide bonds. The van der Waals surface area contributed by atoms with Gasteiger partial charge in [0.15, 0.2) is 9.84 Å². The molecule has 0 saturated carbocycles. The van der Waals surface area contributed by atoms with Crippen LogP contribution in [0.15, 0.2) is 0 Å². The number of ether oxygens (including phenoxy) is 2. The second-order valence-corrected chi connectivity index (χ2v) is 7.45. The van der Waals surface area contributed by atoms with E-state index in [-0.39, 0.29) is 6.42 Å². The van der Waals surface area contributed by atoms with Gasteiger partial charge in [-0.2, -0.15) is 0 Å². The van der Waals surface area contributed by atoms with E-state index in [4.69, 9.17) is 4.74 Å². The smallest absolute Gasteiger partial charge is 0.306 e. The molecule has 1 heterocycles. The Labute approximate surface area is 119 Å². The van der Waals surface area contributed by atoms with Gasteiger partial charge in [-0.25, -0.2) is 8.42 Å². The van der Waals surface area contributed by atoms with Crippen LogP contribution >= 0.6 is 0 Å². The van der Waals surface area contributed by atoms with Crippen LogP contribution in [0.25, 0.3) is 0 Å². The number of morpholine rings is 1. The Morgan fingerprint density at radius 2 is 1.80 bits per heavy atom. The van der Waals surface area contributed by atoms with Gasteiger partial charge in [0.1, 0.15) is 5.25 Å². The zero-order chi connectivity index (χ0) is 15.3. The largest absolute Gasteiger partial charge is 0.469 e. The topological polar surface area (TPSA) is 90.0 Å². The number of carbonyl (C=O) groups excluding carboxylic acids is 2. The molecule has 0 aromatic heterocycles. The number of sulfone groups is 1. The highest BCUT2D eigenvalue weighted by Gasteiger charge is 2.36. The van der Waals surface area contributed by atoms with Crippen LogP contribution < -0.4 is 0 Å². The van der Waals surface area contributed by atoms with Gasteiger partial charge in [0.05, 0.1) is 32.0 Å². The summed E-state index contributed by atoms with van der Waals surface area (Å²) in [6.07, 6.45) is -0.250. The van der Waals surface area contributed by atoms with Crippen molar-refractivity contribution in [3.8, 4) is 0 Å². The van der Waals surface area contributed by atoms with Gasteiger partial charge in [0.2, 0.25) is 5.91 Å². The van der Waals surface area contributed by atoms with E-state index < -0.39 is 32.2 Å². The normalized spacial score (nSPS) is 19.2. The predicted octanol–water partition coefficient (Wildman–Crippen LogP) is -0.400. The first-order valence-corrected chi connectivity index (χ1v) is 8.07. The van der Waals surface area contributed by atoms with Crippen LogP contribution in [-0.2, 0) is 28.9 Å². The monoisotopic (exact) mass is 307 g/mol. The van der Waals surface area contributed by atoms with Crippen molar-refractivity contribution >= 4 is 21.7 Å². The SMILES string of the molecule is COC(=O)CC(C)S(=O)(=O)C(C)C(=O)N1CCOCC1. The van der Waals surface area contributed by atoms with E-state index in [0.717, 1.165) is 0 Å². The zero-order valence-corrected chi connectivity index (χ0v) is 12.8.